The quantitative estimate of drug-likeness (QED) is 0.184. The van der Waals surface area contributed by atoms with Crippen LogP contribution in [0.25, 0.3) is 50.2 Å². The molecule has 2 aliphatic heterocycles. The van der Waals surface area contributed by atoms with Gasteiger partial charge in [-0.3, -0.25) is 4.98 Å². The average molecular weight is 730 g/mol. The van der Waals surface area contributed by atoms with Crippen LogP contribution in [0, 0.1) is 12.8 Å². The third kappa shape index (κ3) is 5.80. The van der Waals surface area contributed by atoms with Crippen LogP contribution in [0.4, 0.5) is 0 Å². The van der Waals surface area contributed by atoms with Crippen molar-refractivity contribution >= 4 is 28.1 Å². The molecule has 0 saturated heterocycles. The molecule has 5 aromatic carbocycles. The summed E-state index contributed by atoms with van der Waals surface area (Å²) in [6.07, 6.45) is 17.6. The third-order valence-corrected chi connectivity index (χ3v) is 12.6. The van der Waals surface area contributed by atoms with E-state index in [9.17, 15) is 0 Å². The van der Waals surface area contributed by atoms with Crippen molar-refractivity contribution in [2.45, 2.75) is 41.4 Å². The molecule has 6 heteroatoms. The maximum Gasteiger partial charge on any atom is 0.164 e. The molecule has 266 valence electrons. The fraction of sp³-hybridized carbons (Fsp3) is 0.143. The van der Waals surface area contributed by atoms with Crippen molar-refractivity contribution in [3.05, 3.63) is 186 Å². The summed E-state index contributed by atoms with van der Waals surface area (Å²) in [7, 11) is 0. The van der Waals surface area contributed by atoms with E-state index in [0.29, 0.717) is 11.6 Å². The molecule has 3 aliphatic rings. The zero-order valence-electron chi connectivity index (χ0n) is 30.6. The monoisotopic (exact) mass is 729 g/mol. The number of nitrogens with one attached hydrogen (secondary N) is 1. The van der Waals surface area contributed by atoms with Crippen LogP contribution < -0.4 is 5.32 Å². The molecule has 0 fully saturated rings. The summed E-state index contributed by atoms with van der Waals surface area (Å²) in [4.78, 5) is 22.8. The minimum absolute atomic E-state index is 0.255. The van der Waals surface area contributed by atoms with Gasteiger partial charge in [-0.2, -0.15) is 0 Å². The number of fused-ring (bicyclic) bond motifs is 3. The largest absolute Gasteiger partial charge is 0.391 e. The summed E-state index contributed by atoms with van der Waals surface area (Å²) in [6.45, 7) is 3.02. The minimum Gasteiger partial charge on any atom is -0.391 e. The number of hydrogen-bond acceptors (Lipinski definition) is 6. The zero-order valence-corrected chi connectivity index (χ0v) is 31.4. The van der Waals surface area contributed by atoms with Crippen LogP contribution in [0.3, 0.4) is 0 Å². The highest BCUT2D eigenvalue weighted by Gasteiger charge is 2.48. The van der Waals surface area contributed by atoms with Gasteiger partial charge in [-0.25, -0.2) is 15.0 Å². The second-order valence-corrected chi connectivity index (χ2v) is 15.7. The fourth-order valence-corrected chi connectivity index (χ4v) is 9.99. The Morgan fingerprint density at radius 2 is 1.45 bits per heavy atom. The molecule has 1 N–H and O–H groups in total. The number of rotatable bonds is 6. The van der Waals surface area contributed by atoms with Gasteiger partial charge in [-0.1, -0.05) is 127 Å². The van der Waals surface area contributed by atoms with E-state index in [1.54, 1.807) is 0 Å². The third-order valence-electron chi connectivity index (χ3n) is 11.5. The lowest BCUT2D eigenvalue weighted by Gasteiger charge is -2.47. The molecule has 10 rings (SSSR count). The highest BCUT2D eigenvalue weighted by atomic mass is 32.2. The first-order valence-electron chi connectivity index (χ1n) is 19.1. The summed E-state index contributed by atoms with van der Waals surface area (Å²) >= 11 is 1.85. The second kappa shape index (κ2) is 13.9. The first-order chi connectivity index (χ1) is 27.2. The number of nitrogens with zero attached hydrogens (tertiary/aromatic N) is 4. The molecule has 55 heavy (non-hydrogen) atoms. The van der Waals surface area contributed by atoms with Crippen molar-refractivity contribution < 1.29 is 0 Å². The van der Waals surface area contributed by atoms with Gasteiger partial charge in [0.2, 0.25) is 0 Å². The number of allylic oxidation sites excluding steroid dienone is 5. The Balaban J connectivity index is 1.13. The molecule has 0 spiro atoms. The normalized spacial score (nSPS) is 18.6. The molecule has 0 radical (unpaired) electrons. The SMILES string of the molecule is Cc1ccc(-c2ccc(-c3nc(C4=CC=CCC4)nc(-c4ccc5c(c4)C(c4cccnc4)(C4CC=CNC4)c4ccccc4S5)n3)cc2)c2ccccc12. The van der Waals surface area contributed by atoms with Crippen LogP contribution in [-0.4, -0.2) is 26.5 Å². The minimum atomic E-state index is -0.440. The van der Waals surface area contributed by atoms with E-state index in [-0.39, 0.29) is 5.92 Å². The first kappa shape index (κ1) is 33.5. The van der Waals surface area contributed by atoms with Gasteiger partial charge in [0.25, 0.3) is 0 Å². The first-order valence-corrected chi connectivity index (χ1v) is 19.9. The lowest BCUT2D eigenvalue weighted by Crippen LogP contribution is -2.45. The molecular weight excluding hydrogens is 691 g/mol. The summed E-state index contributed by atoms with van der Waals surface area (Å²) in [5.41, 5.74) is 10.1. The van der Waals surface area contributed by atoms with E-state index in [1.165, 1.54) is 53.9 Å². The van der Waals surface area contributed by atoms with Crippen molar-refractivity contribution in [3.63, 3.8) is 0 Å². The highest BCUT2D eigenvalue weighted by Crippen LogP contribution is 2.57. The maximum atomic E-state index is 5.25. The Morgan fingerprint density at radius 3 is 2.25 bits per heavy atom. The van der Waals surface area contributed by atoms with Crippen LogP contribution in [0.15, 0.2) is 168 Å². The van der Waals surface area contributed by atoms with E-state index in [0.717, 1.165) is 48.3 Å². The van der Waals surface area contributed by atoms with Gasteiger partial charge in [0.05, 0.1) is 5.41 Å². The molecule has 2 unspecified atom stereocenters. The average Bonchev–Trinajstić information content (AvgIpc) is 3.26. The fourth-order valence-electron chi connectivity index (χ4n) is 8.80. The van der Waals surface area contributed by atoms with Crippen molar-refractivity contribution in [3.8, 4) is 33.9 Å². The van der Waals surface area contributed by atoms with Crippen LogP contribution in [-0.2, 0) is 5.41 Å². The molecule has 7 aromatic rings. The van der Waals surface area contributed by atoms with Gasteiger partial charge in [-0.05, 0) is 112 Å². The molecular formula is C49H39N5S. The van der Waals surface area contributed by atoms with E-state index in [1.807, 2.05) is 18.0 Å². The molecule has 4 heterocycles. The maximum absolute atomic E-state index is 5.25. The molecule has 0 saturated carbocycles. The van der Waals surface area contributed by atoms with E-state index in [4.69, 9.17) is 15.0 Å². The number of benzene rings is 5. The van der Waals surface area contributed by atoms with Crippen LogP contribution >= 0.6 is 11.8 Å². The number of aryl methyl sites for hydroxylation is 1. The van der Waals surface area contributed by atoms with Crippen LogP contribution in [0.1, 0.15) is 47.3 Å². The van der Waals surface area contributed by atoms with Crippen LogP contribution in [0.5, 0.6) is 0 Å². The second-order valence-electron chi connectivity index (χ2n) is 14.6. The lowest BCUT2D eigenvalue weighted by atomic mass is 9.60. The van der Waals surface area contributed by atoms with Crippen LogP contribution in [0.2, 0.25) is 0 Å². The molecule has 2 aromatic heterocycles. The zero-order chi connectivity index (χ0) is 36.8. The van der Waals surface area contributed by atoms with Gasteiger partial charge >= 0.3 is 0 Å². The predicted molar refractivity (Wildman–Crippen MR) is 225 cm³/mol. The van der Waals surface area contributed by atoms with Crippen molar-refractivity contribution in [1.82, 2.24) is 25.3 Å². The smallest absolute Gasteiger partial charge is 0.164 e. The molecule has 2 atom stereocenters. The van der Waals surface area contributed by atoms with Gasteiger partial charge in [-0.15, -0.1) is 0 Å². The molecule has 1 aliphatic carbocycles. The van der Waals surface area contributed by atoms with Crippen molar-refractivity contribution in [1.29, 1.82) is 0 Å². The number of pyridine rings is 1. The van der Waals surface area contributed by atoms with Crippen molar-refractivity contribution in [2.75, 3.05) is 6.54 Å². The van der Waals surface area contributed by atoms with Gasteiger partial charge in [0.15, 0.2) is 17.5 Å². The van der Waals surface area contributed by atoms with E-state index in [2.05, 4.69) is 169 Å². The van der Waals surface area contributed by atoms with Crippen molar-refractivity contribution in [2.24, 2.45) is 5.92 Å². The Labute approximate surface area is 326 Å². The summed E-state index contributed by atoms with van der Waals surface area (Å²) < 4.78 is 0. The van der Waals surface area contributed by atoms with Gasteiger partial charge < -0.3 is 5.32 Å². The summed E-state index contributed by atoms with van der Waals surface area (Å²) in [5.74, 6) is 2.34. The van der Waals surface area contributed by atoms with Gasteiger partial charge in [0, 0.05) is 39.9 Å². The van der Waals surface area contributed by atoms with E-state index < -0.39 is 5.41 Å². The van der Waals surface area contributed by atoms with Gasteiger partial charge in [0.1, 0.15) is 0 Å². The lowest BCUT2D eigenvalue weighted by molar-refractivity contribution is 0.346. The summed E-state index contributed by atoms with van der Waals surface area (Å²) in [6, 6.07) is 41.8. The molecule has 5 nitrogen and oxygen atoms in total. The Kier molecular flexibility index (Phi) is 8.48. The Bertz CT molecular complexity index is 2680. The standard InChI is InChI=1S/C49H39N5S/c1-32-19-25-40(41-16-6-5-15-39(32)41)33-20-22-35(23-21-33)47-52-46(34-11-3-2-4-12-34)53-48(54-47)36-24-26-45-43(29-36)49(37-13-9-27-50-30-37,38-14-10-28-51-31-38)42-17-7-8-18-44(42)55-45/h2-3,5-11,13,15-30,38,51H,4,12,14,31H2,1H3. The predicted octanol–water partition coefficient (Wildman–Crippen LogP) is 11.4. The molecule has 0 amide bonds. The summed E-state index contributed by atoms with van der Waals surface area (Å²) in [5, 5.41) is 6.11. The Morgan fingerprint density at radius 1 is 0.691 bits per heavy atom. The molecule has 0 bridgehead atoms. The Hall–Kier alpha value is -6.11. The topological polar surface area (TPSA) is 63.6 Å². The number of aromatic nitrogens is 4. The highest BCUT2D eigenvalue weighted by molar-refractivity contribution is 7.99. The number of hydrogen-bond donors (Lipinski definition) is 1. The van der Waals surface area contributed by atoms with E-state index >= 15 is 0 Å².